The fourth-order valence-electron chi connectivity index (χ4n) is 2.72. The van der Waals surface area contributed by atoms with E-state index in [4.69, 9.17) is 5.26 Å². The number of nitrogens with zero attached hydrogens (tertiary/aromatic N) is 2. The Kier molecular flexibility index (Phi) is 6.24. The lowest BCUT2D eigenvalue weighted by atomic mass is 10.1. The highest BCUT2D eigenvalue weighted by molar-refractivity contribution is 7.92. The quantitative estimate of drug-likeness (QED) is 0.827. The summed E-state index contributed by atoms with van der Waals surface area (Å²) >= 11 is 0. The van der Waals surface area contributed by atoms with Gasteiger partial charge in [-0.15, -0.1) is 0 Å². The van der Waals surface area contributed by atoms with Crippen molar-refractivity contribution in [2.45, 2.75) is 33.2 Å². The van der Waals surface area contributed by atoms with Crippen molar-refractivity contribution in [2.24, 2.45) is 0 Å². The summed E-state index contributed by atoms with van der Waals surface area (Å²) in [5.41, 5.74) is 3.83. The van der Waals surface area contributed by atoms with E-state index >= 15 is 0 Å². The lowest BCUT2D eigenvalue weighted by Gasteiger charge is -2.28. The van der Waals surface area contributed by atoms with Gasteiger partial charge in [-0.05, 0) is 61.7 Å². The molecule has 0 aliphatic heterocycles. The molecule has 0 unspecified atom stereocenters. The number of carbonyl (C=O) groups is 1. The first-order valence-corrected chi connectivity index (χ1v) is 10.3. The molecule has 0 aromatic heterocycles. The van der Waals surface area contributed by atoms with Crippen molar-refractivity contribution in [3.05, 3.63) is 59.2 Å². The van der Waals surface area contributed by atoms with Gasteiger partial charge in [0.1, 0.15) is 6.04 Å². The molecule has 0 aliphatic carbocycles. The van der Waals surface area contributed by atoms with Gasteiger partial charge >= 0.3 is 0 Å². The summed E-state index contributed by atoms with van der Waals surface area (Å²) in [6.45, 7) is 5.39. The van der Waals surface area contributed by atoms with Crippen LogP contribution in [-0.2, 0) is 21.2 Å². The number of hydrogen-bond donors (Lipinski definition) is 1. The van der Waals surface area contributed by atoms with E-state index in [2.05, 4.69) is 11.4 Å². The number of rotatable bonds is 6. The minimum atomic E-state index is -3.66. The number of nitriles is 1. The third kappa shape index (κ3) is 5.08. The first-order valence-electron chi connectivity index (χ1n) is 8.47. The van der Waals surface area contributed by atoms with E-state index in [1.54, 1.807) is 43.3 Å². The molecule has 142 valence electrons. The molecule has 2 rings (SSSR count). The van der Waals surface area contributed by atoms with Crippen LogP contribution < -0.4 is 9.62 Å². The molecule has 0 fully saturated rings. The first-order chi connectivity index (χ1) is 12.6. The summed E-state index contributed by atoms with van der Waals surface area (Å²) in [6, 6.07) is 13.3. The van der Waals surface area contributed by atoms with Gasteiger partial charge in [0.25, 0.3) is 0 Å². The van der Waals surface area contributed by atoms with Gasteiger partial charge in [0.15, 0.2) is 0 Å². The zero-order chi connectivity index (χ0) is 20.2. The molecule has 2 aromatic rings. The molecule has 0 spiro atoms. The molecule has 27 heavy (non-hydrogen) atoms. The topological polar surface area (TPSA) is 90.3 Å². The van der Waals surface area contributed by atoms with Gasteiger partial charge in [0.2, 0.25) is 15.9 Å². The Hall–Kier alpha value is -2.85. The average Bonchev–Trinajstić information content (AvgIpc) is 2.59. The molecule has 0 aliphatic rings. The smallest absolute Gasteiger partial charge is 0.247 e. The fraction of sp³-hybridized carbons (Fsp3) is 0.300. The number of aryl methyl sites for hydroxylation is 2. The van der Waals surface area contributed by atoms with Gasteiger partial charge < -0.3 is 5.32 Å². The maximum atomic E-state index is 12.7. The van der Waals surface area contributed by atoms with Gasteiger partial charge in [-0.3, -0.25) is 9.10 Å². The third-order valence-electron chi connectivity index (χ3n) is 4.34. The minimum absolute atomic E-state index is 0.291. The fourth-order valence-corrected chi connectivity index (χ4v) is 3.88. The van der Waals surface area contributed by atoms with Crippen LogP contribution in [0, 0.1) is 25.2 Å². The summed E-state index contributed by atoms with van der Waals surface area (Å²) in [4.78, 5) is 12.7. The minimum Gasteiger partial charge on any atom is -0.324 e. The molecule has 2 aromatic carbocycles. The highest BCUT2D eigenvalue weighted by atomic mass is 32.2. The van der Waals surface area contributed by atoms with E-state index in [0.29, 0.717) is 17.8 Å². The Morgan fingerprint density at radius 1 is 1.15 bits per heavy atom. The van der Waals surface area contributed by atoms with Crippen molar-refractivity contribution in [1.82, 2.24) is 0 Å². The molecule has 0 heterocycles. The standard InChI is InChI=1S/C20H23N3O3S/c1-14-5-10-19(13-15(14)2)23(27(4,25)26)16(3)20(24)22-18-8-6-17(7-9-18)11-12-21/h5-10,13,16H,11H2,1-4H3,(H,22,24)/t16-/m1/s1. The highest BCUT2D eigenvalue weighted by Gasteiger charge is 2.29. The van der Waals surface area contributed by atoms with Crippen LogP contribution in [0.1, 0.15) is 23.6 Å². The molecule has 6 nitrogen and oxygen atoms in total. The summed E-state index contributed by atoms with van der Waals surface area (Å²) in [7, 11) is -3.66. The van der Waals surface area contributed by atoms with E-state index in [0.717, 1.165) is 27.3 Å². The van der Waals surface area contributed by atoms with Gasteiger partial charge in [0, 0.05) is 5.69 Å². The van der Waals surface area contributed by atoms with Crippen LogP contribution in [0.15, 0.2) is 42.5 Å². The molecular formula is C20H23N3O3S. The van der Waals surface area contributed by atoms with Crippen molar-refractivity contribution in [1.29, 1.82) is 5.26 Å². The second-order valence-corrected chi connectivity index (χ2v) is 8.38. The Bertz CT molecular complexity index is 977. The van der Waals surface area contributed by atoms with Crippen LogP contribution in [-0.4, -0.2) is 26.6 Å². The molecule has 1 N–H and O–H groups in total. The Balaban J connectivity index is 2.26. The Labute approximate surface area is 160 Å². The summed E-state index contributed by atoms with van der Waals surface area (Å²) in [5, 5.41) is 11.4. The van der Waals surface area contributed by atoms with Gasteiger partial charge in [-0.1, -0.05) is 18.2 Å². The number of anilines is 2. The highest BCUT2D eigenvalue weighted by Crippen LogP contribution is 2.24. The number of amides is 1. The van der Waals surface area contributed by atoms with Crippen molar-refractivity contribution in [3.63, 3.8) is 0 Å². The van der Waals surface area contributed by atoms with Crippen LogP contribution in [0.4, 0.5) is 11.4 Å². The second kappa shape index (κ2) is 8.23. The second-order valence-electron chi connectivity index (χ2n) is 6.52. The lowest BCUT2D eigenvalue weighted by Crippen LogP contribution is -2.45. The lowest BCUT2D eigenvalue weighted by molar-refractivity contribution is -0.116. The maximum Gasteiger partial charge on any atom is 0.247 e. The molecular weight excluding hydrogens is 362 g/mol. The number of sulfonamides is 1. The van der Waals surface area contributed by atoms with E-state index < -0.39 is 22.0 Å². The summed E-state index contributed by atoms with van der Waals surface area (Å²) in [6.07, 6.45) is 1.38. The van der Waals surface area contributed by atoms with Crippen molar-refractivity contribution < 1.29 is 13.2 Å². The monoisotopic (exact) mass is 385 g/mol. The summed E-state index contributed by atoms with van der Waals surface area (Å²) in [5.74, 6) is -0.438. The van der Waals surface area contributed by atoms with Crippen LogP contribution in [0.2, 0.25) is 0 Å². The molecule has 7 heteroatoms. The number of hydrogen-bond acceptors (Lipinski definition) is 4. The predicted octanol–water partition coefficient (Wildman–Crippen LogP) is 3.16. The number of carbonyl (C=O) groups excluding carboxylic acids is 1. The van der Waals surface area contributed by atoms with Crippen LogP contribution >= 0.6 is 0 Å². The molecule has 1 atom stereocenters. The SMILES string of the molecule is Cc1ccc(N([C@H](C)C(=O)Nc2ccc(CC#N)cc2)S(C)(=O)=O)cc1C. The van der Waals surface area contributed by atoms with Crippen molar-refractivity contribution in [3.8, 4) is 6.07 Å². The molecule has 0 saturated heterocycles. The van der Waals surface area contributed by atoms with Gasteiger partial charge in [0.05, 0.1) is 24.4 Å². The van der Waals surface area contributed by atoms with Gasteiger partial charge in [-0.2, -0.15) is 5.26 Å². The zero-order valence-corrected chi connectivity index (χ0v) is 16.7. The molecule has 0 bridgehead atoms. The van der Waals surface area contributed by atoms with E-state index in [1.165, 1.54) is 0 Å². The molecule has 0 saturated carbocycles. The Morgan fingerprint density at radius 2 is 1.78 bits per heavy atom. The maximum absolute atomic E-state index is 12.7. The van der Waals surface area contributed by atoms with E-state index in [9.17, 15) is 13.2 Å². The molecule has 1 amide bonds. The average molecular weight is 385 g/mol. The predicted molar refractivity (Wildman–Crippen MR) is 107 cm³/mol. The number of nitrogens with one attached hydrogen (secondary N) is 1. The van der Waals surface area contributed by atoms with Crippen LogP contribution in [0.5, 0.6) is 0 Å². The van der Waals surface area contributed by atoms with Crippen molar-refractivity contribution in [2.75, 3.05) is 15.9 Å². The summed E-state index contributed by atoms with van der Waals surface area (Å²) < 4.78 is 25.8. The van der Waals surface area contributed by atoms with Crippen molar-refractivity contribution >= 4 is 27.3 Å². The van der Waals surface area contributed by atoms with Crippen LogP contribution in [0.25, 0.3) is 0 Å². The normalized spacial score (nSPS) is 12.1. The van der Waals surface area contributed by atoms with Gasteiger partial charge in [-0.25, -0.2) is 8.42 Å². The molecule has 0 radical (unpaired) electrons. The van der Waals surface area contributed by atoms with E-state index in [-0.39, 0.29) is 0 Å². The zero-order valence-electron chi connectivity index (χ0n) is 15.9. The largest absolute Gasteiger partial charge is 0.324 e. The van der Waals surface area contributed by atoms with E-state index in [1.807, 2.05) is 19.9 Å². The number of benzene rings is 2. The first kappa shape index (κ1) is 20.5. The third-order valence-corrected chi connectivity index (χ3v) is 5.58. The van der Waals surface area contributed by atoms with Crippen LogP contribution in [0.3, 0.4) is 0 Å². The Morgan fingerprint density at radius 3 is 2.30 bits per heavy atom.